The Morgan fingerprint density at radius 3 is 2.33 bits per heavy atom. The molecule has 2 fully saturated rings. The minimum Gasteiger partial charge on any atom is -0.497 e. The molecule has 0 aromatic heterocycles. The maximum atomic E-state index is 12.6. The van der Waals surface area contributed by atoms with E-state index in [1.807, 2.05) is 29.2 Å². The van der Waals surface area contributed by atoms with Crippen molar-refractivity contribution < 1.29 is 23.9 Å². The highest BCUT2D eigenvalue weighted by Crippen LogP contribution is 2.27. The molecule has 0 saturated carbocycles. The molecule has 174 valence electrons. The summed E-state index contributed by atoms with van der Waals surface area (Å²) in [6.45, 7) is 2.34. The van der Waals surface area contributed by atoms with Crippen LogP contribution in [0.1, 0.15) is 24.8 Å². The van der Waals surface area contributed by atoms with E-state index in [-0.39, 0.29) is 30.7 Å². The van der Waals surface area contributed by atoms with Gasteiger partial charge in [-0.2, -0.15) is 0 Å². The van der Waals surface area contributed by atoms with Gasteiger partial charge in [0, 0.05) is 38.3 Å². The molecule has 2 aliphatic rings. The third-order valence-electron chi connectivity index (χ3n) is 6.09. The summed E-state index contributed by atoms with van der Waals surface area (Å²) in [7, 11) is 1.61. The first-order chi connectivity index (χ1) is 16.0. The average Bonchev–Trinajstić information content (AvgIpc) is 3.52. The third-order valence-corrected chi connectivity index (χ3v) is 6.09. The Morgan fingerprint density at radius 2 is 1.67 bits per heavy atom. The van der Waals surface area contributed by atoms with Crippen molar-refractivity contribution in [2.45, 2.75) is 25.8 Å². The molecule has 0 unspecified atom stereocenters. The van der Waals surface area contributed by atoms with E-state index in [9.17, 15) is 14.4 Å². The van der Waals surface area contributed by atoms with Crippen LogP contribution in [0, 0.1) is 5.92 Å². The van der Waals surface area contributed by atoms with Gasteiger partial charge in [0.1, 0.15) is 11.5 Å². The van der Waals surface area contributed by atoms with Crippen molar-refractivity contribution in [2.75, 3.05) is 38.3 Å². The Bertz CT molecular complexity index is 984. The third kappa shape index (κ3) is 5.63. The van der Waals surface area contributed by atoms with E-state index in [0.717, 1.165) is 37.2 Å². The maximum Gasteiger partial charge on any atom is 0.260 e. The van der Waals surface area contributed by atoms with Gasteiger partial charge in [-0.3, -0.25) is 14.4 Å². The molecule has 1 atom stereocenters. The molecule has 8 heteroatoms. The van der Waals surface area contributed by atoms with Gasteiger partial charge in [-0.1, -0.05) is 12.1 Å². The maximum absolute atomic E-state index is 12.6. The molecule has 3 amide bonds. The summed E-state index contributed by atoms with van der Waals surface area (Å²) in [5.74, 6) is 0.711. The zero-order chi connectivity index (χ0) is 23.2. The highest BCUT2D eigenvalue weighted by molar-refractivity contribution is 6.00. The monoisotopic (exact) mass is 451 g/mol. The van der Waals surface area contributed by atoms with Gasteiger partial charge in [0.15, 0.2) is 6.61 Å². The molecule has 0 spiro atoms. The lowest BCUT2D eigenvalue weighted by atomic mass is 10.1. The van der Waals surface area contributed by atoms with Gasteiger partial charge in [-0.05, 0) is 54.8 Å². The topological polar surface area (TPSA) is 88.2 Å². The van der Waals surface area contributed by atoms with Crippen LogP contribution in [0.3, 0.4) is 0 Å². The number of hydrogen-bond acceptors (Lipinski definition) is 5. The first-order valence-corrected chi connectivity index (χ1v) is 11.2. The van der Waals surface area contributed by atoms with E-state index in [2.05, 4.69) is 5.32 Å². The number of ether oxygens (including phenoxy) is 2. The van der Waals surface area contributed by atoms with Crippen LogP contribution in [0.25, 0.3) is 0 Å². The van der Waals surface area contributed by atoms with Crippen molar-refractivity contribution in [3.8, 4) is 11.5 Å². The highest BCUT2D eigenvalue weighted by Gasteiger charge is 2.35. The number of carbonyl (C=O) groups is 3. The summed E-state index contributed by atoms with van der Waals surface area (Å²) < 4.78 is 10.7. The van der Waals surface area contributed by atoms with Crippen molar-refractivity contribution in [3.05, 3.63) is 54.1 Å². The van der Waals surface area contributed by atoms with Gasteiger partial charge in [-0.15, -0.1) is 0 Å². The van der Waals surface area contributed by atoms with Gasteiger partial charge < -0.3 is 24.6 Å². The van der Waals surface area contributed by atoms with Crippen LogP contribution < -0.4 is 19.7 Å². The van der Waals surface area contributed by atoms with Gasteiger partial charge in [0.05, 0.1) is 13.0 Å². The Labute approximate surface area is 193 Å². The molecule has 4 rings (SSSR count). The quantitative estimate of drug-likeness (QED) is 0.666. The smallest absolute Gasteiger partial charge is 0.260 e. The second-order valence-corrected chi connectivity index (χ2v) is 8.34. The zero-order valence-corrected chi connectivity index (χ0v) is 18.8. The van der Waals surface area contributed by atoms with Crippen LogP contribution in [0.5, 0.6) is 11.5 Å². The van der Waals surface area contributed by atoms with Crippen LogP contribution in [0.4, 0.5) is 5.69 Å². The SMILES string of the molecule is COc1ccc(CNC(=O)[C@H]2CC(=O)N(c3ccc(OCC(=O)N4CCCC4)cc3)C2)cc1. The molecular weight excluding hydrogens is 422 g/mol. The second-order valence-electron chi connectivity index (χ2n) is 8.34. The molecule has 8 nitrogen and oxygen atoms in total. The number of nitrogens with one attached hydrogen (secondary N) is 1. The molecule has 0 bridgehead atoms. The fourth-order valence-corrected chi connectivity index (χ4v) is 4.13. The predicted octanol–water partition coefficient (Wildman–Crippen LogP) is 2.37. The fourth-order valence-electron chi connectivity index (χ4n) is 4.13. The van der Waals surface area contributed by atoms with Crippen molar-refractivity contribution in [3.63, 3.8) is 0 Å². The number of nitrogens with zero attached hydrogens (tertiary/aromatic N) is 2. The fraction of sp³-hybridized carbons (Fsp3) is 0.400. The van der Waals surface area contributed by atoms with E-state index < -0.39 is 5.92 Å². The minimum atomic E-state index is -0.398. The van der Waals surface area contributed by atoms with E-state index in [1.54, 1.807) is 36.3 Å². The Morgan fingerprint density at radius 1 is 1.00 bits per heavy atom. The predicted molar refractivity (Wildman–Crippen MR) is 123 cm³/mol. The van der Waals surface area contributed by atoms with Crippen LogP contribution in [0.15, 0.2) is 48.5 Å². The molecule has 2 aromatic carbocycles. The Kier molecular flexibility index (Phi) is 7.12. The van der Waals surface area contributed by atoms with E-state index in [0.29, 0.717) is 24.5 Å². The van der Waals surface area contributed by atoms with E-state index in [1.165, 1.54) is 0 Å². The standard InChI is InChI=1S/C25H29N3O5/c1-32-21-8-4-18(5-9-21)15-26-25(31)19-14-23(29)28(16-19)20-6-10-22(11-7-20)33-17-24(30)27-12-2-3-13-27/h4-11,19H,2-3,12-17H2,1H3,(H,26,31)/t19-/m0/s1. The summed E-state index contributed by atoms with van der Waals surface area (Å²) >= 11 is 0. The summed E-state index contributed by atoms with van der Waals surface area (Å²) in [5.41, 5.74) is 1.67. The number of amides is 3. The van der Waals surface area contributed by atoms with Gasteiger partial charge >= 0.3 is 0 Å². The molecule has 1 N–H and O–H groups in total. The van der Waals surface area contributed by atoms with Crippen LogP contribution in [-0.2, 0) is 20.9 Å². The van der Waals surface area contributed by atoms with Crippen molar-refractivity contribution >= 4 is 23.4 Å². The van der Waals surface area contributed by atoms with Crippen LogP contribution in [0.2, 0.25) is 0 Å². The molecule has 0 radical (unpaired) electrons. The summed E-state index contributed by atoms with van der Waals surface area (Å²) in [6, 6.07) is 14.5. The first kappa shape index (κ1) is 22.6. The lowest BCUT2D eigenvalue weighted by molar-refractivity contribution is -0.132. The van der Waals surface area contributed by atoms with Gasteiger partial charge in [0.25, 0.3) is 5.91 Å². The number of carbonyl (C=O) groups excluding carboxylic acids is 3. The van der Waals surface area contributed by atoms with Gasteiger partial charge in [-0.25, -0.2) is 0 Å². The molecule has 33 heavy (non-hydrogen) atoms. The van der Waals surface area contributed by atoms with Crippen molar-refractivity contribution in [1.29, 1.82) is 0 Å². The zero-order valence-electron chi connectivity index (χ0n) is 18.8. The molecule has 2 aromatic rings. The summed E-state index contributed by atoms with van der Waals surface area (Å²) in [6.07, 6.45) is 2.27. The number of rotatable bonds is 8. The van der Waals surface area contributed by atoms with Crippen LogP contribution in [-0.4, -0.2) is 56.0 Å². The molecule has 2 aliphatic heterocycles. The van der Waals surface area contributed by atoms with Crippen molar-refractivity contribution in [1.82, 2.24) is 10.2 Å². The number of benzene rings is 2. The molecule has 2 saturated heterocycles. The second kappa shape index (κ2) is 10.4. The van der Waals surface area contributed by atoms with Crippen LogP contribution >= 0.6 is 0 Å². The average molecular weight is 452 g/mol. The van der Waals surface area contributed by atoms with Gasteiger partial charge in [0.2, 0.25) is 11.8 Å². The Balaban J connectivity index is 1.27. The first-order valence-electron chi connectivity index (χ1n) is 11.2. The molecule has 2 heterocycles. The lowest BCUT2D eigenvalue weighted by Gasteiger charge is -2.18. The van der Waals surface area contributed by atoms with E-state index in [4.69, 9.17) is 9.47 Å². The normalized spacial score (nSPS) is 17.8. The number of hydrogen-bond donors (Lipinski definition) is 1. The summed E-state index contributed by atoms with van der Waals surface area (Å²) in [4.78, 5) is 40.7. The van der Waals surface area contributed by atoms with E-state index >= 15 is 0 Å². The Hall–Kier alpha value is -3.55. The number of anilines is 1. The molecular formula is C25H29N3O5. The summed E-state index contributed by atoms with van der Waals surface area (Å²) in [5, 5.41) is 2.92. The lowest BCUT2D eigenvalue weighted by Crippen LogP contribution is -2.32. The largest absolute Gasteiger partial charge is 0.497 e. The molecule has 0 aliphatic carbocycles. The number of methoxy groups -OCH3 is 1. The number of likely N-dealkylation sites (tertiary alicyclic amines) is 1. The minimum absolute atomic E-state index is 0.00482. The van der Waals surface area contributed by atoms with Crippen molar-refractivity contribution in [2.24, 2.45) is 5.92 Å². The highest BCUT2D eigenvalue weighted by atomic mass is 16.5.